The van der Waals surface area contributed by atoms with E-state index < -0.39 is 8.07 Å². The molecule has 0 saturated carbocycles. The Bertz CT molecular complexity index is 1150. The van der Waals surface area contributed by atoms with Gasteiger partial charge in [-0.3, -0.25) is 14.2 Å². The second-order valence-electron chi connectivity index (χ2n) is 9.64. The number of hydrogen-bond donors (Lipinski definition) is 1. The van der Waals surface area contributed by atoms with Crippen molar-refractivity contribution < 1.29 is 14.3 Å². The molecule has 0 aliphatic carbocycles. The number of carbonyl (C=O) groups excluding carboxylic acids is 2. The molecular weight excluding hydrogens is 452 g/mol. The summed E-state index contributed by atoms with van der Waals surface area (Å²) in [6.07, 6.45) is 2.34. The lowest BCUT2D eigenvalue weighted by molar-refractivity contribution is -0.120. The van der Waals surface area contributed by atoms with Crippen LogP contribution in [-0.4, -0.2) is 38.1 Å². The number of carbonyl (C=O) groups is 2. The molecule has 1 heterocycles. The summed E-state index contributed by atoms with van der Waals surface area (Å²) < 4.78 is 7.08. The van der Waals surface area contributed by atoms with Gasteiger partial charge in [-0.25, -0.2) is 0 Å². The third kappa shape index (κ3) is 6.27. The summed E-state index contributed by atoms with van der Waals surface area (Å²) in [6.45, 7) is 9.65. The van der Waals surface area contributed by atoms with Crippen molar-refractivity contribution in [2.45, 2.75) is 51.9 Å². The van der Waals surface area contributed by atoms with Crippen LogP contribution >= 0.6 is 11.6 Å². The average molecular weight is 485 g/mol. The summed E-state index contributed by atoms with van der Waals surface area (Å²) in [5.74, 6) is 0.496. The van der Waals surface area contributed by atoms with E-state index in [0.29, 0.717) is 22.9 Å². The Hall–Kier alpha value is -2.57. The summed E-state index contributed by atoms with van der Waals surface area (Å²) in [6, 6.07) is 13.7. The number of rotatable bonds is 9. The van der Waals surface area contributed by atoms with Gasteiger partial charge < -0.3 is 10.1 Å². The first kappa shape index (κ1) is 25.1. The van der Waals surface area contributed by atoms with Gasteiger partial charge in [-0.1, -0.05) is 43.7 Å². The highest BCUT2D eigenvalue weighted by Gasteiger charge is 2.22. The number of nitrogens with one attached hydrogen (secondary N) is 1. The Morgan fingerprint density at radius 3 is 2.39 bits per heavy atom. The second-order valence-corrected chi connectivity index (χ2v) is 15.7. The minimum atomic E-state index is -1.05. The van der Waals surface area contributed by atoms with Crippen LogP contribution in [-0.2, 0) is 11.2 Å². The highest BCUT2D eigenvalue weighted by molar-refractivity contribution is 6.76. The number of halogens is 1. The summed E-state index contributed by atoms with van der Waals surface area (Å²) >= 11 is 5.99. The van der Waals surface area contributed by atoms with Gasteiger partial charge in [0, 0.05) is 36.3 Å². The van der Waals surface area contributed by atoms with Crippen molar-refractivity contribution >= 4 is 42.4 Å². The smallest absolute Gasteiger partial charge is 0.262 e. The van der Waals surface area contributed by atoms with E-state index in [2.05, 4.69) is 25.0 Å². The maximum Gasteiger partial charge on any atom is 0.262 e. The largest absolute Gasteiger partial charge is 0.497 e. The van der Waals surface area contributed by atoms with E-state index in [1.807, 2.05) is 25.1 Å². The first-order valence-electron chi connectivity index (χ1n) is 11.4. The van der Waals surface area contributed by atoms with Crippen molar-refractivity contribution in [1.82, 2.24) is 9.88 Å². The monoisotopic (exact) mass is 484 g/mol. The van der Waals surface area contributed by atoms with Crippen LogP contribution in [0.5, 0.6) is 5.75 Å². The van der Waals surface area contributed by atoms with Gasteiger partial charge in [-0.2, -0.15) is 0 Å². The molecule has 33 heavy (non-hydrogen) atoms. The van der Waals surface area contributed by atoms with E-state index in [4.69, 9.17) is 16.3 Å². The maximum absolute atomic E-state index is 13.4. The number of fused-ring (bicyclic) bond motifs is 1. The lowest BCUT2D eigenvalue weighted by Crippen LogP contribution is -2.27. The van der Waals surface area contributed by atoms with E-state index in [0.717, 1.165) is 35.0 Å². The predicted octanol–water partition coefficient (Wildman–Crippen LogP) is 6.08. The zero-order chi connectivity index (χ0) is 24.2. The normalized spacial score (nSPS) is 11.6. The van der Waals surface area contributed by atoms with Crippen LogP contribution in [0.4, 0.5) is 0 Å². The van der Waals surface area contributed by atoms with Crippen molar-refractivity contribution in [3.8, 4) is 5.75 Å². The summed E-state index contributed by atoms with van der Waals surface area (Å²) in [5, 5.41) is 4.48. The number of ether oxygens (including phenoxy) is 1. The maximum atomic E-state index is 13.4. The lowest BCUT2D eigenvalue weighted by Gasteiger charge is -2.15. The number of hydrogen-bond acceptors (Lipinski definition) is 3. The molecule has 1 N–H and O–H groups in total. The lowest BCUT2D eigenvalue weighted by atomic mass is 10.1. The third-order valence-corrected chi connectivity index (χ3v) is 7.95. The summed E-state index contributed by atoms with van der Waals surface area (Å²) in [5.41, 5.74) is 2.89. The molecule has 1 amide bonds. The predicted molar refractivity (Wildman–Crippen MR) is 139 cm³/mol. The molecule has 176 valence electrons. The molecule has 7 heteroatoms. The fourth-order valence-corrected chi connectivity index (χ4v) is 5.46. The van der Waals surface area contributed by atoms with Crippen LogP contribution < -0.4 is 10.1 Å². The highest BCUT2D eigenvalue weighted by Crippen LogP contribution is 2.31. The van der Waals surface area contributed by atoms with Gasteiger partial charge in [-0.05, 0) is 61.4 Å². The van der Waals surface area contributed by atoms with Crippen molar-refractivity contribution in [2.24, 2.45) is 0 Å². The Kier molecular flexibility index (Phi) is 8.03. The fraction of sp³-hybridized carbons (Fsp3) is 0.385. The molecule has 3 rings (SSSR count). The zero-order valence-electron chi connectivity index (χ0n) is 20.1. The van der Waals surface area contributed by atoms with Crippen LogP contribution in [0, 0.1) is 6.92 Å². The van der Waals surface area contributed by atoms with Crippen molar-refractivity contribution in [3.05, 3.63) is 64.3 Å². The average Bonchev–Trinajstić information content (AvgIpc) is 3.03. The van der Waals surface area contributed by atoms with Gasteiger partial charge in [0.15, 0.2) is 0 Å². The summed E-state index contributed by atoms with van der Waals surface area (Å²) in [4.78, 5) is 26.1. The van der Waals surface area contributed by atoms with Gasteiger partial charge in [-0.15, -0.1) is 0 Å². The third-order valence-electron chi connectivity index (χ3n) is 5.85. The van der Waals surface area contributed by atoms with Crippen molar-refractivity contribution in [2.75, 3.05) is 13.7 Å². The van der Waals surface area contributed by atoms with E-state index in [9.17, 15) is 9.59 Å². The van der Waals surface area contributed by atoms with Crippen LogP contribution in [0.15, 0.2) is 42.5 Å². The molecule has 0 fully saturated rings. The number of aromatic nitrogens is 1. The van der Waals surface area contributed by atoms with E-state index in [1.165, 1.54) is 6.04 Å². The van der Waals surface area contributed by atoms with Gasteiger partial charge in [0.05, 0.1) is 19.0 Å². The van der Waals surface area contributed by atoms with Gasteiger partial charge in [0.2, 0.25) is 5.91 Å². The van der Waals surface area contributed by atoms with Crippen LogP contribution in [0.3, 0.4) is 0 Å². The van der Waals surface area contributed by atoms with Gasteiger partial charge in [0.1, 0.15) is 5.75 Å². The van der Waals surface area contributed by atoms with E-state index >= 15 is 0 Å². The molecule has 0 atom stereocenters. The number of methoxy groups -OCH3 is 1. The Labute approximate surface area is 202 Å². The Balaban J connectivity index is 1.85. The SMILES string of the molecule is COc1ccc2c(c1)c(CC(=O)NCCCC[Si](C)(C)C)c(C)n2C(=O)c1ccc(Cl)cc1. The molecule has 0 saturated heterocycles. The molecule has 0 aliphatic heterocycles. The molecule has 1 aromatic heterocycles. The Morgan fingerprint density at radius 1 is 1.06 bits per heavy atom. The van der Waals surface area contributed by atoms with Crippen molar-refractivity contribution in [1.29, 1.82) is 0 Å². The first-order chi connectivity index (χ1) is 15.6. The quantitative estimate of drug-likeness (QED) is 0.296. The van der Waals surface area contributed by atoms with Crippen LogP contribution in [0.2, 0.25) is 30.7 Å². The highest BCUT2D eigenvalue weighted by atomic mass is 35.5. The number of amides is 1. The standard InChI is InChI=1S/C26H33ClN2O3Si/c1-18-22(17-25(30)28-14-6-7-15-33(3,4)5)23-16-21(32-2)12-13-24(23)29(18)26(31)19-8-10-20(27)11-9-19/h8-13,16H,6-7,14-15,17H2,1-5H3,(H,28,30). The fourth-order valence-electron chi connectivity index (χ4n) is 4.03. The van der Waals surface area contributed by atoms with Crippen LogP contribution in [0.1, 0.15) is 34.5 Å². The minimum Gasteiger partial charge on any atom is -0.497 e. The molecule has 5 nitrogen and oxygen atoms in total. The molecular formula is C26H33ClN2O3Si. The van der Waals surface area contributed by atoms with E-state index in [-0.39, 0.29) is 18.2 Å². The topological polar surface area (TPSA) is 60.3 Å². The number of benzene rings is 2. The number of unbranched alkanes of at least 4 members (excludes halogenated alkanes) is 1. The molecule has 0 bridgehead atoms. The molecule has 2 aromatic carbocycles. The molecule has 0 aliphatic rings. The van der Waals surface area contributed by atoms with E-state index in [1.54, 1.807) is 35.9 Å². The number of nitrogens with zero attached hydrogens (tertiary/aromatic N) is 1. The zero-order valence-corrected chi connectivity index (χ0v) is 21.9. The minimum absolute atomic E-state index is 0.0353. The Morgan fingerprint density at radius 2 is 1.76 bits per heavy atom. The van der Waals surface area contributed by atoms with Gasteiger partial charge in [0.25, 0.3) is 5.91 Å². The van der Waals surface area contributed by atoms with Crippen LogP contribution in [0.25, 0.3) is 10.9 Å². The molecule has 0 spiro atoms. The van der Waals surface area contributed by atoms with Gasteiger partial charge >= 0.3 is 0 Å². The molecule has 3 aromatic rings. The second kappa shape index (κ2) is 10.6. The molecule has 0 unspecified atom stereocenters. The molecule has 0 radical (unpaired) electrons. The first-order valence-corrected chi connectivity index (χ1v) is 15.4. The van der Waals surface area contributed by atoms with Crippen molar-refractivity contribution in [3.63, 3.8) is 0 Å². The summed E-state index contributed by atoms with van der Waals surface area (Å²) in [7, 11) is 0.560.